The van der Waals surface area contributed by atoms with Crippen molar-refractivity contribution < 1.29 is 17.9 Å². The molecule has 3 aromatic carbocycles. The van der Waals surface area contributed by atoms with Gasteiger partial charge in [0.1, 0.15) is 10.6 Å². The molecule has 0 saturated carbocycles. The Kier molecular flexibility index (Phi) is 5.82. The first-order valence-electron chi connectivity index (χ1n) is 10.2. The fourth-order valence-electron chi connectivity index (χ4n) is 3.61. The summed E-state index contributed by atoms with van der Waals surface area (Å²) in [7, 11) is -0.782. The van der Waals surface area contributed by atoms with Crippen LogP contribution in [-0.4, -0.2) is 31.2 Å². The van der Waals surface area contributed by atoms with Gasteiger partial charge in [0.2, 0.25) is 0 Å². The Labute approximate surface area is 192 Å². The first kappa shape index (κ1) is 22.3. The summed E-state index contributed by atoms with van der Waals surface area (Å²) < 4.78 is 36.1. The maximum Gasteiger partial charge on any atom is 0.265 e. The van der Waals surface area contributed by atoms with Crippen LogP contribution in [0.3, 0.4) is 0 Å². The van der Waals surface area contributed by atoms with Crippen molar-refractivity contribution in [3.63, 3.8) is 0 Å². The number of nitrogens with one attached hydrogen (secondary N) is 2. The number of benzene rings is 3. The quantitative estimate of drug-likeness (QED) is 0.444. The number of hydrogen-bond acceptors (Lipinski definition) is 5. The molecule has 0 unspecified atom stereocenters. The van der Waals surface area contributed by atoms with E-state index in [2.05, 4.69) is 15.1 Å². The highest BCUT2D eigenvalue weighted by Gasteiger charge is 2.22. The van der Waals surface area contributed by atoms with Gasteiger partial charge in [-0.15, -0.1) is 0 Å². The number of carbonyl (C=O) groups excluding carboxylic acids is 1. The van der Waals surface area contributed by atoms with Crippen LogP contribution in [0.2, 0.25) is 0 Å². The van der Waals surface area contributed by atoms with Gasteiger partial charge in [-0.25, -0.2) is 8.42 Å². The number of ether oxygens (including phenoxy) is 1. The van der Waals surface area contributed by atoms with Crippen molar-refractivity contribution in [2.24, 2.45) is 7.05 Å². The van der Waals surface area contributed by atoms with E-state index in [4.69, 9.17) is 4.74 Å². The Bertz CT molecular complexity index is 1460. The number of aryl methyl sites for hydroxylation is 3. The van der Waals surface area contributed by atoms with Crippen LogP contribution in [-0.2, 0) is 17.1 Å². The summed E-state index contributed by atoms with van der Waals surface area (Å²) in [6, 6.07) is 15.2. The van der Waals surface area contributed by atoms with E-state index in [0.717, 1.165) is 16.5 Å². The van der Waals surface area contributed by atoms with E-state index in [1.807, 2.05) is 51.4 Å². The van der Waals surface area contributed by atoms with E-state index < -0.39 is 10.0 Å². The van der Waals surface area contributed by atoms with E-state index in [0.29, 0.717) is 22.5 Å². The summed E-state index contributed by atoms with van der Waals surface area (Å²) in [4.78, 5) is 12.7. The van der Waals surface area contributed by atoms with E-state index >= 15 is 0 Å². The third kappa shape index (κ3) is 4.54. The van der Waals surface area contributed by atoms with Gasteiger partial charge in [0.25, 0.3) is 15.9 Å². The average Bonchev–Trinajstić information content (AvgIpc) is 3.15. The summed E-state index contributed by atoms with van der Waals surface area (Å²) in [5.41, 5.74) is 3.54. The van der Waals surface area contributed by atoms with Crippen LogP contribution < -0.4 is 14.8 Å². The lowest BCUT2D eigenvalue weighted by Crippen LogP contribution is -2.17. The van der Waals surface area contributed by atoms with E-state index in [9.17, 15) is 13.2 Å². The van der Waals surface area contributed by atoms with Crippen LogP contribution in [0.25, 0.3) is 10.9 Å². The summed E-state index contributed by atoms with van der Waals surface area (Å²) in [6.45, 7) is 3.66. The first-order chi connectivity index (χ1) is 15.7. The highest BCUT2D eigenvalue weighted by molar-refractivity contribution is 7.92. The molecule has 170 valence electrons. The second kappa shape index (κ2) is 8.59. The molecule has 0 radical (unpaired) electrons. The Morgan fingerprint density at radius 3 is 2.45 bits per heavy atom. The van der Waals surface area contributed by atoms with Gasteiger partial charge < -0.3 is 10.1 Å². The van der Waals surface area contributed by atoms with Crippen molar-refractivity contribution in [1.82, 2.24) is 9.78 Å². The number of anilines is 2. The number of hydrogen-bond donors (Lipinski definition) is 2. The molecule has 0 fully saturated rings. The standard InChI is InChI=1S/C24H24N4O4S/c1-15-6-5-7-16(2)23(15)27-33(30,31)22-13-19(10-11-21(22)32-4)25-24(29)17-8-9-18-14-28(3)26-20(18)12-17/h5-14,27H,1-4H3,(H,25,29). The maximum atomic E-state index is 13.2. The molecule has 0 aliphatic heterocycles. The first-order valence-corrected chi connectivity index (χ1v) is 11.7. The van der Waals surface area contributed by atoms with Gasteiger partial charge in [0.05, 0.1) is 18.3 Å². The Morgan fingerprint density at radius 2 is 1.76 bits per heavy atom. The predicted octanol–water partition coefficient (Wildman–Crippen LogP) is 4.25. The highest BCUT2D eigenvalue weighted by Crippen LogP contribution is 2.31. The molecule has 1 aromatic heterocycles. The van der Waals surface area contributed by atoms with Crippen molar-refractivity contribution in [2.75, 3.05) is 17.1 Å². The number of para-hydroxylation sites is 1. The summed E-state index contributed by atoms with van der Waals surface area (Å²) in [5.74, 6) is -0.208. The normalized spacial score (nSPS) is 11.4. The van der Waals surface area contributed by atoms with Crippen molar-refractivity contribution in [3.05, 3.63) is 77.5 Å². The van der Waals surface area contributed by atoms with E-state index in [1.165, 1.54) is 19.2 Å². The fraction of sp³-hybridized carbons (Fsp3) is 0.167. The van der Waals surface area contributed by atoms with Gasteiger partial charge in [-0.3, -0.25) is 14.2 Å². The molecule has 0 atom stereocenters. The van der Waals surface area contributed by atoms with Crippen molar-refractivity contribution in [3.8, 4) is 5.75 Å². The maximum absolute atomic E-state index is 13.2. The van der Waals surface area contributed by atoms with E-state index in [1.54, 1.807) is 22.9 Å². The summed E-state index contributed by atoms with van der Waals surface area (Å²) in [6.07, 6.45) is 1.86. The molecule has 4 aromatic rings. The minimum atomic E-state index is -3.99. The molecule has 33 heavy (non-hydrogen) atoms. The second-order valence-corrected chi connectivity index (χ2v) is 9.42. The van der Waals surface area contributed by atoms with Crippen LogP contribution in [0.4, 0.5) is 11.4 Å². The number of carbonyl (C=O) groups is 1. The third-order valence-corrected chi connectivity index (χ3v) is 6.68. The molecule has 0 aliphatic carbocycles. The second-order valence-electron chi connectivity index (χ2n) is 7.77. The SMILES string of the molecule is COc1ccc(NC(=O)c2ccc3cn(C)nc3c2)cc1S(=O)(=O)Nc1c(C)cccc1C. The largest absolute Gasteiger partial charge is 0.495 e. The molecule has 1 heterocycles. The molecule has 2 N–H and O–H groups in total. The lowest BCUT2D eigenvalue weighted by molar-refractivity contribution is 0.102. The zero-order valence-electron chi connectivity index (χ0n) is 18.7. The van der Waals surface area contributed by atoms with Crippen molar-refractivity contribution in [2.45, 2.75) is 18.7 Å². The number of methoxy groups -OCH3 is 1. The number of rotatable bonds is 6. The number of amides is 1. The van der Waals surface area contributed by atoms with Gasteiger partial charge in [-0.05, 0) is 55.3 Å². The Morgan fingerprint density at radius 1 is 1.03 bits per heavy atom. The summed E-state index contributed by atoms with van der Waals surface area (Å²) >= 11 is 0. The van der Waals surface area contributed by atoms with Crippen LogP contribution in [0.1, 0.15) is 21.5 Å². The van der Waals surface area contributed by atoms with Crippen LogP contribution >= 0.6 is 0 Å². The molecule has 0 bridgehead atoms. The topological polar surface area (TPSA) is 102 Å². The summed E-state index contributed by atoms with van der Waals surface area (Å²) in [5, 5.41) is 8.00. The zero-order valence-corrected chi connectivity index (χ0v) is 19.5. The molecule has 4 rings (SSSR count). The van der Waals surface area contributed by atoms with Gasteiger partial charge in [-0.1, -0.05) is 24.3 Å². The van der Waals surface area contributed by atoms with E-state index in [-0.39, 0.29) is 16.6 Å². The number of nitrogens with zero attached hydrogens (tertiary/aromatic N) is 2. The molecule has 0 aliphatic rings. The number of aromatic nitrogens is 2. The highest BCUT2D eigenvalue weighted by atomic mass is 32.2. The minimum Gasteiger partial charge on any atom is -0.495 e. The molecule has 0 saturated heterocycles. The monoisotopic (exact) mass is 464 g/mol. The van der Waals surface area contributed by atoms with Gasteiger partial charge in [0, 0.05) is 29.9 Å². The van der Waals surface area contributed by atoms with Crippen LogP contribution in [0.5, 0.6) is 5.75 Å². The Hall–Kier alpha value is -3.85. The minimum absolute atomic E-state index is 0.0781. The average molecular weight is 465 g/mol. The van der Waals surface area contributed by atoms with Gasteiger partial charge in [-0.2, -0.15) is 5.10 Å². The zero-order chi connectivity index (χ0) is 23.8. The Balaban J connectivity index is 1.65. The molecule has 1 amide bonds. The van der Waals surface area contributed by atoms with Crippen molar-refractivity contribution >= 4 is 38.2 Å². The number of sulfonamides is 1. The van der Waals surface area contributed by atoms with Crippen LogP contribution in [0.15, 0.2) is 65.7 Å². The fourth-order valence-corrected chi connectivity index (χ4v) is 5.01. The smallest absolute Gasteiger partial charge is 0.265 e. The molecular formula is C24H24N4O4S. The molecule has 0 spiro atoms. The molecule has 8 nitrogen and oxygen atoms in total. The van der Waals surface area contributed by atoms with Gasteiger partial charge >= 0.3 is 0 Å². The number of fused-ring (bicyclic) bond motifs is 1. The lowest BCUT2D eigenvalue weighted by atomic mass is 10.1. The van der Waals surface area contributed by atoms with Gasteiger partial charge in [0.15, 0.2) is 0 Å². The van der Waals surface area contributed by atoms with Crippen molar-refractivity contribution in [1.29, 1.82) is 0 Å². The predicted molar refractivity (Wildman–Crippen MR) is 128 cm³/mol. The molecular weight excluding hydrogens is 440 g/mol. The lowest BCUT2D eigenvalue weighted by Gasteiger charge is -2.16. The third-order valence-electron chi connectivity index (χ3n) is 5.31. The van der Waals surface area contributed by atoms with Crippen LogP contribution in [0, 0.1) is 13.8 Å². The molecule has 9 heteroatoms.